The third-order valence-electron chi connectivity index (χ3n) is 3.81. The van der Waals surface area contributed by atoms with Crippen LogP contribution in [0.15, 0.2) is 41.2 Å². The summed E-state index contributed by atoms with van der Waals surface area (Å²) in [6.45, 7) is 3.96. The van der Waals surface area contributed by atoms with Crippen molar-refractivity contribution in [3.8, 4) is 0 Å². The molecule has 136 valence electrons. The van der Waals surface area contributed by atoms with Gasteiger partial charge in [-0.25, -0.2) is 9.79 Å². The van der Waals surface area contributed by atoms with E-state index in [2.05, 4.69) is 10.1 Å². The summed E-state index contributed by atoms with van der Waals surface area (Å²) in [7, 11) is 1.78. The number of aliphatic imine (C=N–C) groups is 1. The molecule has 0 saturated heterocycles. The van der Waals surface area contributed by atoms with Gasteiger partial charge < -0.3 is 4.74 Å². The molecule has 1 aliphatic heterocycles. The average Bonchev–Trinajstić information content (AvgIpc) is 3.10. The molecule has 1 aromatic carbocycles. The molecule has 0 bridgehead atoms. The van der Waals surface area contributed by atoms with E-state index in [9.17, 15) is 18.0 Å². The maximum absolute atomic E-state index is 12.6. The minimum Gasteiger partial charge on any atom is -0.402 e. The lowest BCUT2D eigenvalue weighted by Crippen LogP contribution is -2.08. The Hall–Kier alpha value is -2.90. The van der Waals surface area contributed by atoms with E-state index in [1.807, 2.05) is 13.8 Å². The van der Waals surface area contributed by atoms with Crippen molar-refractivity contribution in [3.63, 3.8) is 0 Å². The Morgan fingerprint density at radius 1 is 1.19 bits per heavy atom. The van der Waals surface area contributed by atoms with Crippen LogP contribution in [0, 0.1) is 0 Å². The molecule has 0 N–H and O–H groups in total. The van der Waals surface area contributed by atoms with Crippen molar-refractivity contribution in [1.82, 2.24) is 9.78 Å². The minimum absolute atomic E-state index is 0.0232. The summed E-state index contributed by atoms with van der Waals surface area (Å²) >= 11 is 0. The van der Waals surface area contributed by atoms with Gasteiger partial charge in [-0.05, 0) is 36.3 Å². The Labute approximate surface area is 147 Å². The second kappa shape index (κ2) is 6.44. The van der Waals surface area contributed by atoms with E-state index in [1.165, 1.54) is 12.1 Å². The topological polar surface area (TPSA) is 56.5 Å². The van der Waals surface area contributed by atoms with E-state index in [0.717, 1.165) is 23.4 Å². The SMILES string of the molecule is CC(C)c1nn(C)cc1/C=C1\N=C(c2ccc(C(F)(F)F)cc2)OC1=O. The van der Waals surface area contributed by atoms with Crippen molar-refractivity contribution in [2.75, 3.05) is 0 Å². The number of aromatic nitrogens is 2. The standard InChI is InChI=1S/C18H16F3N3O2/c1-10(2)15-12(9-24(3)23-15)8-14-17(25)26-16(22-14)11-4-6-13(7-5-11)18(19,20)21/h4-10H,1-3H3/b14-8-. The van der Waals surface area contributed by atoms with E-state index in [1.54, 1.807) is 24.0 Å². The van der Waals surface area contributed by atoms with Crippen LogP contribution in [-0.4, -0.2) is 21.6 Å². The number of ether oxygens (including phenoxy) is 1. The van der Waals surface area contributed by atoms with Gasteiger partial charge in [0.1, 0.15) is 0 Å². The molecule has 2 heterocycles. The lowest BCUT2D eigenvalue weighted by molar-refractivity contribution is -0.137. The Kier molecular flexibility index (Phi) is 4.43. The molecule has 1 aliphatic rings. The lowest BCUT2D eigenvalue weighted by atomic mass is 10.1. The predicted molar refractivity (Wildman–Crippen MR) is 89.3 cm³/mol. The van der Waals surface area contributed by atoms with E-state index in [4.69, 9.17) is 4.74 Å². The van der Waals surface area contributed by atoms with Crippen LogP contribution in [0.4, 0.5) is 13.2 Å². The number of cyclic esters (lactones) is 1. The van der Waals surface area contributed by atoms with Crippen LogP contribution in [0.3, 0.4) is 0 Å². The van der Waals surface area contributed by atoms with Crippen LogP contribution in [-0.2, 0) is 22.8 Å². The largest absolute Gasteiger partial charge is 0.416 e. The van der Waals surface area contributed by atoms with Crippen molar-refractivity contribution in [2.24, 2.45) is 12.0 Å². The second-order valence-corrected chi connectivity index (χ2v) is 6.21. The lowest BCUT2D eigenvalue weighted by Gasteiger charge is -2.06. The van der Waals surface area contributed by atoms with Gasteiger partial charge >= 0.3 is 12.1 Å². The molecule has 3 rings (SSSR count). The first-order valence-corrected chi connectivity index (χ1v) is 7.89. The zero-order valence-corrected chi connectivity index (χ0v) is 14.3. The number of rotatable bonds is 3. The first-order valence-electron chi connectivity index (χ1n) is 7.89. The summed E-state index contributed by atoms with van der Waals surface area (Å²) in [5.41, 5.74) is 1.15. The Balaban J connectivity index is 1.92. The molecule has 0 fully saturated rings. The number of hydrogen-bond donors (Lipinski definition) is 0. The summed E-state index contributed by atoms with van der Waals surface area (Å²) in [5.74, 6) is -0.526. The van der Waals surface area contributed by atoms with Gasteiger partial charge in [-0.2, -0.15) is 18.3 Å². The zero-order valence-electron chi connectivity index (χ0n) is 14.3. The first-order chi connectivity index (χ1) is 12.1. The quantitative estimate of drug-likeness (QED) is 0.614. The Morgan fingerprint density at radius 3 is 2.42 bits per heavy atom. The predicted octanol–water partition coefficient (Wildman–Crippen LogP) is 3.91. The molecule has 1 aromatic heterocycles. The smallest absolute Gasteiger partial charge is 0.402 e. The van der Waals surface area contributed by atoms with E-state index in [-0.39, 0.29) is 17.5 Å². The molecule has 0 amide bonds. The minimum atomic E-state index is -4.43. The van der Waals surface area contributed by atoms with Gasteiger partial charge in [-0.1, -0.05) is 13.8 Å². The molecular formula is C18H16F3N3O2. The normalized spacial score (nSPS) is 16.3. The molecule has 0 spiro atoms. The average molecular weight is 363 g/mol. The monoisotopic (exact) mass is 363 g/mol. The van der Waals surface area contributed by atoms with Gasteiger partial charge in [0.25, 0.3) is 0 Å². The van der Waals surface area contributed by atoms with Crippen LogP contribution in [0.25, 0.3) is 6.08 Å². The molecular weight excluding hydrogens is 347 g/mol. The van der Waals surface area contributed by atoms with E-state index < -0.39 is 17.7 Å². The number of carbonyl (C=O) groups is 1. The molecule has 5 nitrogen and oxygen atoms in total. The molecule has 0 radical (unpaired) electrons. The number of nitrogens with zero attached hydrogens (tertiary/aromatic N) is 3. The number of benzene rings is 1. The van der Waals surface area contributed by atoms with Crippen molar-refractivity contribution in [2.45, 2.75) is 25.9 Å². The number of hydrogen-bond acceptors (Lipinski definition) is 4. The fraction of sp³-hybridized carbons (Fsp3) is 0.278. The summed E-state index contributed by atoms with van der Waals surface area (Å²) in [6.07, 6.45) is -1.09. The number of carbonyl (C=O) groups excluding carboxylic acids is 1. The highest BCUT2D eigenvalue weighted by Gasteiger charge is 2.31. The summed E-state index contributed by atoms with van der Waals surface area (Å²) in [4.78, 5) is 16.2. The summed E-state index contributed by atoms with van der Waals surface area (Å²) in [6, 6.07) is 4.29. The van der Waals surface area contributed by atoms with Crippen LogP contribution in [0.1, 0.15) is 42.1 Å². The van der Waals surface area contributed by atoms with Gasteiger partial charge in [0.2, 0.25) is 5.90 Å². The van der Waals surface area contributed by atoms with Crippen LogP contribution in [0.2, 0.25) is 0 Å². The number of halogens is 3. The fourth-order valence-corrected chi connectivity index (χ4v) is 2.57. The van der Waals surface area contributed by atoms with Gasteiger partial charge in [0.15, 0.2) is 5.70 Å². The molecule has 2 aromatic rings. The van der Waals surface area contributed by atoms with Crippen molar-refractivity contribution in [3.05, 3.63) is 58.5 Å². The van der Waals surface area contributed by atoms with Crippen LogP contribution in [0.5, 0.6) is 0 Å². The van der Waals surface area contributed by atoms with Crippen molar-refractivity contribution in [1.29, 1.82) is 0 Å². The van der Waals surface area contributed by atoms with Crippen LogP contribution >= 0.6 is 0 Å². The number of alkyl halides is 3. The highest BCUT2D eigenvalue weighted by Crippen LogP contribution is 2.30. The van der Waals surface area contributed by atoms with Gasteiger partial charge in [-0.3, -0.25) is 4.68 Å². The van der Waals surface area contributed by atoms with Gasteiger partial charge in [0, 0.05) is 24.4 Å². The zero-order chi connectivity index (χ0) is 19.1. The summed E-state index contributed by atoms with van der Waals surface area (Å²) < 4.78 is 44.6. The van der Waals surface area contributed by atoms with Gasteiger partial charge in [0.05, 0.1) is 11.3 Å². The molecule has 0 saturated carbocycles. The number of esters is 1. The maximum atomic E-state index is 12.6. The number of aryl methyl sites for hydroxylation is 1. The van der Waals surface area contributed by atoms with Crippen molar-refractivity contribution < 1.29 is 22.7 Å². The Morgan fingerprint density at radius 2 is 1.85 bits per heavy atom. The van der Waals surface area contributed by atoms with Crippen LogP contribution < -0.4 is 0 Å². The third-order valence-corrected chi connectivity index (χ3v) is 3.81. The summed E-state index contributed by atoms with van der Waals surface area (Å²) in [5, 5.41) is 4.35. The molecule has 0 unspecified atom stereocenters. The third kappa shape index (κ3) is 3.54. The highest BCUT2D eigenvalue weighted by molar-refractivity contribution is 6.12. The molecule has 0 aliphatic carbocycles. The highest BCUT2D eigenvalue weighted by atomic mass is 19.4. The second-order valence-electron chi connectivity index (χ2n) is 6.21. The Bertz CT molecular complexity index is 907. The maximum Gasteiger partial charge on any atom is 0.416 e. The van der Waals surface area contributed by atoms with Crippen molar-refractivity contribution >= 4 is 17.9 Å². The first kappa shape index (κ1) is 17.9. The fourth-order valence-electron chi connectivity index (χ4n) is 2.57. The molecule has 8 heteroatoms. The van der Waals surface area contributed by atoms with E-state index >= 15 is 0 Å². The van der Waals surface area contributed by atoms with Gasteiger partial charge in [-0.15, -0.1) is 0 Å². The molecule has 0 atom stereocenters. The van der Waals surface area contributed by atoms with E-state index in [0.29, 0.717) is 5.56 Å². The molecule has 26 heavy (non-hydrogen) atoms.